The van der Waals surface area contributed by atoms with E-state index >= 15 is 0 Å². The molecule has 0 aliphatic heterocycles. The van der Waals surface area contributed by atoms with Crippen LogP contribution in [0, 0.1) is 0 Å². The van der Waals surface area contributed by atoms with E-state index in [1.807, 2.05) is 0 Å². The second-order valence-corrected chi connectivity index (χ2v) is 5.86. The van der Waals surface area contributed by atoms with Gasteiger partial charge in [0.2, 0.25) is 0 Å². The van der Waals surface area contributed by atoms with Crippen LogP contribution < -0.4 is 9.47 Å². The molecule has 2 aromatic rings. The van der Waals surface area contributed by atoms with Crippen molar-refractivity contribution >= 4 is 27.8 Å². The largest absolute Gasteiger partial charge is 0.496 e. The lowest BCUT2D eigenvalue weighted by atomic mass is 10.1. The highest BCUT2D eigenvalue weighted by molar-refractivity contribution is 9.10. The number of hydrogen-bond acceptors (Lipinski definition) is 3. The van der Waals surface area contributed by atoms with E-state index in [-0.39, 0.29) is 5.78 Å². The Morgan fingerprint density at radius 2 is 1.64 bits per heavy atom. The van der Waals surface area contributed by atoms with E-state index in [9.17, 15) is 18.0 Å². The normalized spacial score (nSPS) is 11.6. The van der Waals surface area contributed by atoms with Gasteiger partial charge in [-0.1, -0.05) is 18.2 Å². The third-order valence-corrected chi connectivity index (χ3v) is 4.02. The first-order valence-electron chi connectivity index (χ1n) is 7.07. The lowest BCUT2D eigenvalue weighted by molar-refractivity contribution is -0.137. The third kappa shape index (κ3) is 4.63. The summed E-state index contributed by atoms with van der Waals surface area (Å²) in [5, 5.41) is 0. The number of hydrogen-bond donors (Lipinski definition) is 0. The summed E-state index contributed by atoms with van der Waals surface area (Å²) < 4.78 is 48.5. The molecule has 25 heavy (non-hydrogen) atoms. The molecule has 0 amide bonds. The van der Waals surface area contributed by atoms with Crippen molar-refractivity contribution in [3.05, 3.63) is 63.6 Å². The van der Waals surface area contributed by atoms with Gasteiger partial charge >= 0.3 is 6.18 Å². The van der Waals surface area contributed by atoms with Gasteiger partial charge in [0, 0.05) is 6.07 Å². The molecule has 3 nitrogen and oxygen atoms in total. The maximum absolute atomic E-state index is 12.5. The average Bonchev–Trinajstić information content (AvgIpc) is 2.59. The Balaban J connectivity index is 2.24. The highest BCUT2D eigenvalue weighted by Crippen LogP contribution is 2.33. The van der Waals surface area contributed by atoms with E-state index in [0.717, 1.165) is 12.1 Å². The summed E-state index contributed by atoms with van der Waals surface area (Å²) in [6, 6.07) is 7.67. The monoisotopic (exact) mass is 414 g/mol. The highest BCUT2D eigenvalue weighted by Gasteiger charge is 2.29. The summed E-state index contributed by atoms with van der Waals surface area (Å²) in [4.78, 5) is 12.4. The molecule has 0 saturated carbocycles. The first-order valence-corrected chi connectivity index (χ1v) is 7.86. The van der Waals surface area contributed by atoms with Gasteiger partial charge in [0.1, 0.15) is 11.5 Å². The number of carbonyl (C=O) groups excluding carboxylic acids is 1. The smallest absolute Gasteiger partial charge is 0.416 e. The van der Waals surface area contributed by atoms with Crippen LogP contribution in [0.3, 0.4) is 0 Å². The molecule has 132 valence electrons. The Morgan fingerprint density at radius 1 is 1.04 bits per heavy atom. The quantitative estimate of drug-likeness (QED) is 0.486. The lowest BCUT2D eigenvalue weighted by Crippen LogP contribution is -2.04. The molecule has 0 fully saturated rings. The fourth-order valence-corrected chi connectivity index (χ4v) is 2.60. The standard InChI is InChI=1S/C18H14BrF3O3/c1-24-16-10-17(25-2)14(19)9-13(16)15(23)8-5-11-3-6-12(7-4-11)18(20,21)22/h3-10H,1-2H3/b8-5+. The van der Waals surface area contributed by atoms with Crippen molar-refractivity contribution in [3.63, 3.8) is 0 Å². The van der Waals surface area contributed by atoms with Gasteiger partial charge in [0.15, 0.2) is 5.78 Å². The Hall–Kier alpha value is -2.28. The number of rotatable bonds is 5. The zero-order valence-electron chi connectivity index (χ0n) is 13.4. The Kier molecular flexibility index (Phi) is 5.89. The van der Waals surface area contributed by atoms with Crippen molar-refractivity contribution in [2.24, 2.45) is 0 Å². The molecule has 0 aliphatic rings. The van der Waals surface area contributed by atoms with E-state index in [0.29, 0.717) is 27.1 Å². The summed E-state index contributed by atoms with van der Waals surface area (Å²) >= 11 is 3.30. The summed E-state index contributed by atoms with van der Waals surface area (Å²) in [5.74, 6) is 0.502. The van der Waals surface area contributed by atoms with Gasteiger partial charge in [-0.15, -0.1) is 0 Å². The van der Waals surface area contributed by atoms with Crippen LogP contribution in [0.15, 0.2) is 46.9 Å². The second-order valence-electron chi connectivity index (χ2n) is 5.00. The molecule has 0 atom stereocenters. The highest BCUT2D eigenvalue weighted by atomic mass is 79.9. The molecule has 2 rings (SSSR count). The van der Waals surface area contributed by atoms with Crippen LogP contribution in [-0.4, -0.2) is 20.0 Å². The Labute approximate surface area is 151 Å². The molecule has 0 heterocycles. The Bertz CT molecular complexity index is 796. The van der Waals surface area contributed by atoms with Crippen LogP contribution in [0.1, 0.15) is 21.5 Å². The first kappa shape index (κ1) is 19.1. The van der Waals surface area contributed by atoms with Crippen molar-refractivity contribution in [2.75, 3.05) is 14.2 Å². The van der Waals surface area contributed by atoms with Gasteiger partial charge in [-0.05, 0) is 45.8 Å². The average molecular weight is 415 g/mol. The third-order valence-electron chi connectivity index (χ3n) is 3.40. The molecule has 0 aliphatic carbocycles. The fraction of sp³-hybridized carbons (Fsp3) is 0.167. The first-order chi connectivity index (χ1) is 11.8. The molecule has 0 radical (unpaired) electrons. The van der Waals surface area contributed by atoms with Crippen molar-refractivity contribution < 1.29 is 27.4 Å². The van der Waals surface area contributed by atoms with Gasteiger partial charge in [-0.25, -0.2) is 0 Å². The predicted octanol–water partition coefficient (Wildman–Crippen LogP) is 5.38. The van der Waals surface area contributed by atoms with Crippen molar-refractivity contribution in [1.29, 1.82) is 0 Å². The number of halogens is 4. The summed E-state index contributed by atoms with van der Waals surface area (Å²) in [7, 11) is 2.92. The molecule has 2 aromatic carbocycles. The molecule has 0 saturated heterocycles. The van der Waals surface area contributed by atoms with Gasteiger partial charge < -0.3 is 9.47 Å². The van der Waals surface area contributed by atoms with Crippen LogP contribution in [0.5, 0.6) is 11.5 Å². The zero-order valence-corrected chi connectivity index (χ0v) is 14.9. The summed E-state index contributed by atoms with van der Waals surface area (Å²) in [5.41, 5.74) is 0.0444. The van der Waals surface area contributed by atoms with E-state index in [1.54, 1.807) is 12.1 Å². The van der Waals surface area contributed by atoms with Crippen LogP contribution >= 0.6 is 15.9 Å². The summed E-state index contributed by atoms with van der Waals surface area (Å²) in [6.45, 7) is 0. The number of benzene rings is 2. The van der Waals surface area contributed by atoms with Crippen LogP contribution in [0.25, 0.3) is 6.08 Å². The minimum atomic E-state index is -4.39. The van der Waals surface area contributed by atoms with Gasteiger partial charge in [0.05, 0.1) is 29.8 Å². The molecular weight excluding hydrogens is 401 g/mol. The number of allylic oxidation sites excluding steroid dienone is 1. The molecule has 7 heteroatoms. The topological polar surface area (TPSA) is 35.5 Å². The number of alkyl halides is 3. The molecule has 0 aromatic heterocycles. The lowest BCUT2D eigenvalue weighted by Gasteiger charge is -2.10. The van der Waals surface area contributed by atoms with Gasteiger partial charge in [-0.2, -0.15) is 13.2 Å². The van der Waals surface area contributed by atoms with Crippen LogP contribution in [-0.2, 0) is 6.18 Å². The predicted molar refractivity (Wildman–Crippen MR) is 92.1 cm³/mol. The van der Waals surface area contributed by atoms with Gasteiger partial charge in [-0.3, -0.25) is 4.79 Å². The molecule has 0 bridgehead atoms. The number of methoxy groups -OCH3 is 2. The van der Waals surface area contributed by atoms with Crippen LogP contribution in [0.2, 0.25) is 0 Å². The number of ether oxygens (including phenoxy) is 2. The minimum absolute atomic E-state index is 0.304. The SMILES string of the molecule is COc1cc(OC)c(C(=O)/C=C/c2ccc(C(F)(F)F)cc2)cc1Br. The van der Waals surface area contributed by atoms with Crippen LogP contribution in [0.4, 0.5) is 13.2 Å². The maximum atomic E-state index is 12.5. The molecular formula is C18H14BrF3O3. The van der Waals surface area contributed by atoms with Crippen molar-refractivity contribution in [3.8, 4) is 11.5 Å². The number of carbonyl (C=O) groups is 1. The molecule has 0 N–H and O–H groups in total. The minimum Gasteiger partial charge on any atom is -0.496 e. The molecule has 0 unspecified atom stereocenters. The zero-order chi connectivity index (χ0) is 18.6. The number of ketones is 1. The van der Waals surface area contributed by atoms with Gasteiger partial charge in [0.25, 0.3) is 0 Å². The van der Waals surface area contributed by atoms with E-state index < -0.39 is 11.7 Å². The van der Waals surface area contributed by atoms with Crippen molar-refractivity contribution in [2.45, 2.75) is 6.18 Å². The second kappa shape index (κ2) is 7.74. The fourth-order valence-electron chi connectivity index (χ4n) is 2.10. The molecule has 0 spiro atoms. The van der Waals surface area contributed by atoms with E-state index in [1.165, 1.54) is 38.5 Å². The van der Waals surface area contributed by atoms with E-state index in [4.69, 9.17) is 9.47 Å². The Morgan fingerprint density at radius 3 is 2.16 bits per heavy atom. The van der Waals surface area contributed by atoms with Crippen molar-refractivity contribution in [1.82, 2.24) is 0 Å². The van der Waals surface area contributed by atoms with E-state index in [2.05, 4.69) is 15.9 Å². The summed E-state index contributed by atoms with van der Waals surface area (Å²) in [6.07, 6.45) is -1.67. The maximum Gasteiger partial charge on any atom is 0.416 e.